The number of hydrogen-bond donors (Lipinski definition) is 2. The molecule has 0 fully saturated rings. The fourth-order valence-electron chi connectivity index (χ4n) is 1.59. The Balaban J connectivity index is 2.07. The summed E-state index contributed by atoms with van der Waals surface area (Å²) in [6.07, 6.45) is 1.69. The molecule has 0 spiro atoms. The summed E-state index contributed by atoms with van der Waals surface area (Å²) in [7, 11) is 0. The molecule has 104 valence electrons. The molecule has 0 unspecified atom stereocenters. The second kappa shape index (κ2) is 5.78. The van der Waals surface area contributed by atoms with Crippen molar-refractivity contribution in [3.05, 3.63) is 46.1 Å². The Bertz CT molecular complexity index is 626. The van der Waals surface area contributed by atoms with E-state index >= 15 is 0 Å². The molecule has 0 aliphatic rings. The van der Waals surface area contributed by atoms with Crippen molar-refractivity contribution in [3.8, 4) is 0 Å². The number of hydrogen-bond acceptors (Lipinski definition) is 7. The highest BCUT2D eigenvalue weighted by Crippen LogP contribution is 2.23. The van der Waals surface area contributed by atoms with Crippen LogP contribution in [-0.2, 0) is 6.42 Å². The average molecular weight is 278 g/mol. The van der Waals surface area contributed by atoms with Crippen molar-refractivity contribution in [2.24, 2.45) is 0 Å². The van der Waals surface area contributed by atoms with Gasteiger partial charge in [-0.3, -0.25) is 10.1 Å². The number of carboxylic acid groups (broad SMARTS) is 1. The van der Waals surface area contributed by atoms with Gasteiger partial charge in [0.15, 0.2) is 5.82 Å². The molecule has 0 aliphatic carbocycles. The summed E-state index contributed by atoms with van der Waals surface area (Å²) < 4.78 is 4.57. The van der Waals surface area contributed by atoms with E-state index in [-0.39, 0.29) is 5.56 Å². The third kappa shape index (κ3) is 3.07. The molecule has 1 aromatic carbocycles. The Morgan fingerprint density at radius 3 is 2.90 bits per heavy atom. The number of aromatic carboxylic acids is 1. The highest BCUT2D eigenvalue weighted by molar-refractivity contribution is 5.93. The van der Waals surface area contributed by atoms with Crippen molar-refractivity contribution in [2.75, 3.05) is 11.9 Å². The number of benzene rings is 1. The zero-order chi connectivity index (χ0) is 14.5. The second-order valence-electron chi connectivity index (χ2n) is 3.82. The van der Waals surface area contributed by atoms with Crippen LogP contribution in [-0.4, -0.2) is 32.7 Å². The molecule has 9 heteroatoms. The summed E-state index contributed by atoms with van der Waals surface area (Å²) in [5, 5.41) is 26.2. The number of rotatable bonds is 6. The number of nitrogens with zero attached hydrogens (tertiary/aromatic N) is 3. The number of carboxylic acids is 1. The topological polar surface area (TPSA) is 131 Å². The van der Waals surface area contributed by atoms with Crippen LogP contribution >= 0.6 is 0 Å². The zero-order valence-electron chi connectivity index (χ0n) is 10.1. The molecule has 9 nitrogen and oxygen atoms in total. The van der Waals surface area contributed by atoms with Gasteiger partial charge in [-0.1, -0.05) is 5.16 Å². The van der Waals surface area contributed by atoms with Crippen molar-refractivity contribution >= 4 is 17.3 Å². The third-order valence-corrected chi connectivity index (χ3v) is 2.51. The van der Waals surface area contributed by atoms with Crippen molar-refractivity contribution in [1.82, 2.24) is 10.1 Å². The van der Waals surface area contributed by atoms with E-state index in [9.17, 15) is 14.9 Å². The average Bonchev–Trinajstić information content (AvgIpc) is 2.91. The monoisotopic (exact) mass is 278 g/mol. The second-order valence-corrected chi connectivity index (χ2v) is 3.82. The Labute approximate surface area is 112 Å². The summed E-state index contributed by atoms with van der Waals surface area (Å²) >= 11 is 0. The summed E-state index contributed by atoms with van der Waals surface area (Å²) in [5.74, 6) is -0.829. The lowest BCUT2D eigenvalue weighted by Crippen LogP contribution is -2.08. The molecule has 0 saturated heterocycles. The maximum absolute atomic E-state index is 10.9. The minimum absolute atomic E-state index is 0.348. The first-order valence-corrected chi connectivity index (χ1v) is 5.59. The molecule has 0 amide bonds. The first-order valence-electron chi connectivity index (χ1n) is 5.59. The van der Waals surface area contributed by atoms with Crippen molar-refractivity contribution in [2.45, 2.75) is 6.42 Å². The van der Waals surface area contributed by atoms with Crippen LogP contribution in [0.3, 0.4) is 0 Å². The van der Waals surface area contributed by atoms with Gasteiger partial charge in [0.1, 0.15) is 5.56 Å². The van der Waals surface area contributed by atoms with Crippen LogP contribution in [0.1, 0.15) is 16.2 Å². The Morgan fingerprint density at radius 2 is 2.30 bits per heavy atom. The molecule has 1 aromatic heterocycles. The van der Waals surface area contributed by atoms with Crippen LogP contribution in [0.25, 0.3) is 0 Å². The molecular weight excluding hydrogens is 268 g/mol. The molecule has 2 rings (SSSR count). The Hall–Kier alpha value is -2.97. The largest absolute Gasteiger partial charge is 0.477 e. The van der Waals surface area contributed by atoms with Gasteiger partial charge in [0.2, 0.25) is 6.39 Å². The van der Waals surface area contributed by atoms with Gasteiger partial charge in [0.05, 0.1) is 4.92 Å². The first-order chi connectivity index (χ1) is 9.58. The van der Waals surface area contributed by atoms with Gasteiger partial charge in [-0.05, 0) is 12.1 Å². The van der Waals surface area contributed by atoms with Gasteiger partial charge in [-0.2, -0.15) is 4.98 Å². The molecular formula is C11H10N4O5. The van der Waals surface area contributed by atoms with E-state index < -0.39 is 16.6 Å². The van der Waals surface area contributed by atoms with Gasteiger partial charge < -0.3 is 14.9 Å². The lowest BCUT2D eigenvalue weighted by Gasteiger charge is -2.05. The molecule has 2 aromatic rings. The van der Waals surface area contributed by atoms with Crippen LogP contribution in [0, 0.1) is 10.1 Å². The van der Waals surface area contributed by atoms with E-state index in [4.69, 9.17) is 5.11 Å². The van der Waals surface area contributed by atoms with Gasteiger partial charge in [0, 0.05) is 24.7 Å². The van der Waals surface area contributed by atoms with Crippen LogP contribution in [0.4, 0.5) is 11.4 Å². The molecule has 0 radical (unpaired) electrons. The molecule has 0 saturated carbocycles. The van der Waals surface area contributed by atoms with E-state index in [0.717, 1.165) is 0 Å². The molecule has 1 heterocycles. The highest BCUT2D eigenvalue weighted by atomic mass is 16.6. The van der Waals surface area contributed by atoms with Crippen LogP contribution < -0.4 is 5.32 Å². The normalized spacial score (nSPS) is 10.2. The fourth-order valence-corrected chi connectivity index (χ4v) is 1.59. The molecule has 0 atom stereocenters. The maximum atomic E-state index is 10.9. The van der Waals surface area contributed by atoms with E-state index in [1.165, 1.54) is 24.6 Å². The maximum Gasteiger partial charge on any atom is 0.342 e. The van der Waals surface area contributed by atoms with Gasteiger partial charge in [0.25, 0.3) is 5.69 Å². The van der Waals surface area contributed by atoms with Crippen molar-refractivity contribution in [1.29, 1.82) is 0 Å². The summed E-state index contributed by atoms with van der Waals surface area (Å²) in [5.41, 5.74) is -0.356. The lowest BCUT2D eigenvalue weighted by atomic mass is 10.1. The standard InChI is InChI=1S/C11H10N4O5/c16-11(17)8-2-1-7(5-9(8)15(18)19)12-4-3-10-13-6-20-14-10/h1-2,5-6,12H,3-4H2,(H,16,17). The quantitative estimate of drug-likeness (QED) is 0.597. The SMILES string of the molecule is O=C(O)c1ccc(NCCc2ncon2)cc1[N+](=O)[O-]. The van der Waals surface area contributed by atoms with Crippen LogP contribution in [0.2, 0.25) is 0 Å². The number of carbonyl (C=O) groups is 1. The summed E-state index contributed by atoms with van der Waals surface area (Å²) in [4.78, 5) is 24.8. The van der Waals surface area contributed by atoms with Crippen molar-refractivity contribution in [3.63, 3.8) is 0 Å². The molecule has 0 bridgehead atoms. The fraction of sp³-hybridized carbons (Fsp3) is 0.182. The predicted molar refractivity (Wildman–Crippen MR) is 66.5 cm³/mol. The van der Waals surface area contributed by atoms with Crippen LogP contribution in [0.15, 0.2) is 29.1 Å². The predicted octanol–water partition coefficient (Wildman–Crippen LogP) is 1.33. The number of nitro groups is 1. The minimum Gasteiger partial charge on any atom is -0.477 e. The van der Waals surface area contributed by atoms with E-state index in [0.29, 0.717) is 24.5 Å². The highest BCUT2D eigenvalue weighted by Gasteiger charge is 2.19. The Kier molecular flexibility index (Phi) is 3.89. The molecule has 0 aliphatic heterocycles. The van der Waals surface area contributed by atoms with E-state index in [2.05, 4.69) is 20.0 Å². The molecule has 2 N–H and O–H groups in total. The number of nitro benzene ring substituents is 1. The summed E-state index contributed by atoms with van der Waals surface area (Å²) in [6.45, 7) is 0.434. The van der Waals surface area contributed by atoms with Gasteiger partial charge in [-0.15, -0.1) is 0 Å². The zero-order valence-corrected chi connectivity index (χ0v) is 10.1. The summed E-state index contributed by atoms with van der Waals surface area (Å²) in [6, 6.07) is 3.84. The Morgan fingerprint density at radius 1 is 1.50 bits per heavy atom. The molecule has 20 heavy (non-hydrogen) atoms. The van der Waals surface area contributed by atoms with Gasteiger partial charge in [-0.25, -0.2) is 4.79 Å². The minimum atomic E-state index is -1.34. The third-order valence-electron chi connectivity index (χ3n) is 2.51. The first kappa shape index (κ1) is 13.5. The number of aromatic nitrogens is 2. The number of anilines is 1. The number of nitrogens with one attached hydrogen (secondary N) is 1. The van der Waals surface area contributed by atoms with E-state index in [1.54, 1.807) is 0 Å². The lowest BCUT2D eigenvalue weighted by molar-refractivity contribution is -0.385. The van der Waals surface area contributed by atoms with Crippen molar-refractivity contribution < 1.29 is 19.3 Å². The smallest absolute Gasteiger partial charge is 0.342 e. The van der Waals surface area contributed by atoms with E-state index in [1.807, 2.05) is 0 Å². The van der Waals surface area contributed by atoms with Crippen LogP contribution in [0.5, 0.6) is 0 Å². The van der Waals surface area contributed by atoms with Gasteiger partial charge >= 0.3 is 5.97 Å².